The fourth-order valence-corrected chi connectivity index (χ4v) is 5.02. The van der Waals surface area contributed by atoms with E-state index in [1.54, 1.807) is 37.6 Å². The highest BCUT2D eigenvalue weighted by molar-refractivity contribution is 6.05. The van der Waals surface area contributed by atoms with Crippen molar-refractivity contribution in [3.05, 3.63) is 76.3 Å². The molecule has 0 fully saturated rings. The fraction of sp³-hybridized carbons (Fsp3) is 0.367. The molecule has 2 aromatic heterocycles. The van der Waals surface area contributed by atoms with Gasteiger partial charge in [-0.05, 0) is 55.4 Å². The summed E-state index contributed by atoms with van der Waals surface area (Å²) in [6.45, 7) is 10.4. The Morgan fingerprint density at radius 1 is 1.17 bits per heavy atom. The number of hydrogen-bond acceptors (Lipinski definition) is 7. The molecule has 0 unspecified atom stereocenters. The lowest BCUT2D eigenvalue weighted by Crippen LogP contribution is -2.35. The van der Waals surface area contributed by atoms with Crippen LogP contribution in [0.2, 0.25) is 5.02 Å². The molecule has 0 aliphatic heterocycles. The van der Waals surface area contributed by atoms with Gasteiger partial charge in [-0.1, -0.05) is 26.0 Å². The van der Waals surface area contributed by atoms with Gasteiger partial charge in [-0.15, -0.1) is 5.10 Å². The van der Waals surface area contributed by atoms with Crippen molar-refractivity contribution in [2.24, 2.45) is 0 Å². The topological polar surface area (TPSA) is 93.5 Å². The highest BCUT2D eigenvalue weighted by Crippen LogP contribution is 2.33. The van der Waals surface area contributed by atoms with Crippen LogP contribution in [0.1, 0.15) is 35.5 Å². The lowest BCUT2D eigenvalue weighted by atomic mass is 10.1. The number of nitrogens with zero attached hydrogens (tertiary/aromatic N) is 4. The van der Waals surface area contributed by atoms with E-state index in [0.29, 0.717) is 53.2 Å². The number of amides is 1. The summed E-state index contributed by atoms with van der Waals surface area (Å²) in [6.07, 6.45) is 1.66. The van der Waals surface area contributed by atoms with Crippen LogP contribution in [0.5, 0.6) is 5.75 Å². The number of hydrogen-bond donors (Lipinski definition) is 2. The van der Waals surface area contributed by atoms with Crippen LogP contribution in [0, 0.1) is 24.3 Å². The van der Waals surface area contributed by atoms with E-state index in [1.807, 2.05) is 17.6 Å². The predicted octanol–water partition coefficient (Wildman–Crippen LogP) is 4.62. The van der Waals surface area contributed by atoms with Crippen LogP contribution in [0.25, 0.3) is 10.9 Å². The van der Waals surface area contributed by atoms with E-state index in [1.165, 1.54) is 12.1 Å². The molecule has 0 aliphatic carbocycles. The molecule has 2 N–H and O–H groups in total. The normalized spacial score (nSPS) is 11.3. The van der Waals surface area contributed by atoms with E-state index in [0.717, 1.165) is 36.1 Å². The first kappa shape index (κ1) is 30.2. The van der Waals surface area contributed by atoms with Gasteiger partial charge in [0.15, 0.2) is 23.2 Å². The zero-order valence-electron chi connectivity index (χ0n) is 23.9. The smallest absolute Gasteiger partial charge is 0.269 e. The molecule has 11 heteroatoms. The van der Waals surface area contributed by atoms with Gasteiger partial charge in [-0.2, -0.15) is 5.10 Å². The van der Waals surface area contributed by atoms with Crippen molar-refractivity contribution in [1.82, 2.24) is 25.0 Å². The van der Waals surface area contributed by atoms with Gasteiger partial charge in [-0.25, -0.2) is 4.39 Å². The molecule has 4 aromatic rings. The second kappa shape index (κ2) is 14.2. The summed E-state index contributed by atoms with van der Waals surface area (Å²) in [6, 6.07) is 11.6. The number of nitrogens with one attached hydrogen (secondary N) is 2. The maximum atomic E-state index is 13.5. The van der Waals surface area contributed by atoms with E-state index in [9.17, 15) is 9.18 Å². The molecular formula is C30H37ClFN6O3+. The molecule has 218 valence electrons. The van der Waals surface area contributed by atoms with Gasteiger partial charge in [0, 0.05) is 43.9 Å². The van der Waals surface area contributed by atoms with Gasteiger partial charge < -0.3 is 29.6 Å². The van der Waals surface area contributed by atoms with E-state index in [-0.39, 0.29) is 18.3 Å². The summed E-state index contributed by atoms with van der Waals surface area (Å²) in [5.74, 6) is 0.563. The molecule has 0 saturated carbocycles. The standard InChI is InChI=1S/C30H36ClFN6O3/c1-5-37(6-2)13-12-33-30(39)28-20(3)27-25(38(28)14-15-40-4)18-34-36-29(27)35-23-10-11-26(24(31)17-23)41-19-21-8-7-9-22(32)16-21/h7-11,16-18,31H,5-6,12-15,19H2,1-4H3,(H-,33,35,36,39)/p+1. The average Bonchev–Trinajstić information content (AvgIpc) is 3.25. The first-order chi connectivity index (χ1) is 19.9. The van der Waals surface area contributed by atoms with Gasteiger partial charge in [0.25, 0.3) is 10.9 Å². The van der Waals surface area contributed by atoms with Gasteiger partial charge in [0.05, 0.1) is 18.3 Å². The van der Waals surface area contributed by atoms with Crippen LogP contribution in [-0.4, -0.2) is 65.5 Å². The van der Waals surface area contributed by atoms with E-state index >= 15 is 0 Å². The monoisotopic (exact) mass is 583 g/mol. The maximum absolute atomic E-state index is 13.5. The Kier molecular flexibility index (Phi) is 10.5. The van der Waals surface area contributed by atoms with Crippen molar-refractivity contribution >= 4 is 28.3 Å². The average molecular weight is 584 g/mol. The van der Waals surface area contributed by atoms with Crippen LogP contribution in [0.4, 0.5) is 15.9 Å². The van der Waals surface area contributed by atoms with Crippen molar-refractivity contribution in [3.63, 3.8) is 0 Å². The summed E-state index contributed by atoms with van der Waals surface area (Å²) in [7, 11) is 1.63. The van der Waals surface area contributed by atoms with Gasteiger partial charge in [0.1, 0.15) is 18.1 Å². The summed E-state index contributed by atoms with van der Waals surface area (Å²) < 4.78 is 26.6. The first-order valence-corrected chi connectivity index (χ1v) is 14.1. The van der Waals surface area contributed by atoms with E-state index in [2.05, 4.69) is 39.6 Å². The summed E-state index contributed by atoms with van der Waals surface area (Å²) >= 11 is 5.55. The number of fused-ring (bicyclic) bond motifs is 1. The Balaban J connectivity index is 1.58. The minimum atomic E-state index is -0.314. The Labute approximate surface area is 244 Å². The van der Waals surface area contributed by atoms with Crippen LogP contribution in [0.3, 0.4) is 0 Å². The minimum absolute atomic E-state index is 0.152. The maximum Gasteiger partial charge on any atom is 0.269 e. The first-order valence-electron chi connectivity index (χ1n) is 13.7. The Morgan fingerprint density at radius 2 is 1.98 bits per heavy atom. The second-order valence-electron chi connectivity index (χ2n) is 9.56. The van der Waals surface area contributed by atoms with Crippen LogP contribution in [-0.2, 0) is 17.9 Å². The molecule has 4 rings (SSSR count). The number of likely N-dealkylation sites (N-methyl/N-ethyl adjacent to an activating group) is 1. The largest absolute Gasteiger partial charge is 0.483 e. The Bertz CT molecular complexity index is 1490. The van der Waals surface area contributed by atoms with Crippen LogP contribution in [0.15, 0.2) is 48.7 Å². The highest BCUT2D eigenvalue weighted by atomic mass is 35.5. The molecule has 0 spiro atoms. The van der Waals surface area contributed by atoms with Crippen molar-refractivity contribution in [2.75, 3.05) is 45.2 Å². The molecule has 2 aromatic carbocycles. The highest BCUT2D eigenvalue weighted by Gasteiger charge is 2.23. The number of ether oxygens (including phenoxy) is 2. The third-order valence-electron chi connectivity index (χ3n) is 6.95. The number of rotatable bonds is 14. The number of benzene rings is 2. The molecule has 0 atom stereocenters. The van der Waals surface area contributed by atoms with Gasteiger partial charge in [-0.3, -0.25) is 4.79 Å². The lowest BCUT2D eigenvalue weighted by molar-refractivity contribution is -0.291. The third kappa shape index (κ3) is 7.32. The van der Waals surface area contributed by atoms with Gasteiger partial charge in [0.2, 0.25) is 0 Å². The Hall–Kier alpha value is -3.73. The summed E-state index contributed by atoms with van der Waals surface area (Å²) in [5.41, 5.74) is 3.54. The lowest BCUT2D eigenvalue weighted by Gasteiger charge is -2.18. The SMILES string of the molecule is CCN(CC)CCNC(=O)c1c(C)c2c(Nc3ccc(OCc4cccc(F)c4)c([ClH+])c3)nncc2n1CCOC. The zero-order valence-corrected chi connectivity index (χ0v) is 24.7. The second-order valence-corrected chi connectivity index (χ2v) is 10.00. The molecule has 9 nitrogen and oxygen atoms in total. The molecule has 2 heterocycles. The molecule has 41 heavy (non-hydrogen) atoms. The number of methoxy groups -OCH3 is 1. The predicted molar refractivity (Wildman–Crippen MR) is 155 cm³/mol. The number of anilines is 2. The minimum Gasteiger partial charge on any atom is -0.483 e. The number of carbonyl (C=O) groups excluding carboxylic acids is 1. The molecule has 0 aliphatic rings. The van der Waals surface area contributed by atoms with Gasteiger partial charge >= 0.3 is 0 Å². The number of halogens is 2. The van der Waals surface area contributed by atoms with Crippen molar-refractivity contribution in [1.29, 1.82) is 0 Å². The Morgan fingerprint density at radius 3 is 2.68 bits per heavy atom. The van der Waals surface area contributed by atoms with E-state index in [4.69, 9.17) is 21.1 Å². The van der Waals surface area contributed by atoms with Crippen molar-refractivity contribution in [2.45, 2.75) is 33.9 Å². The zero-order chi connectivity index (χ0) is 29.4. The molecule has 0 bridgehead atoms. The molecule has 0 radical (unpaired) electrons. The van der Waals surface area contributed by atoms with E-state index < -0.39 is 0 Å². The number of carbonyl (C=O) groups is 1. The van der Waals surface area contributed by atoms with Crippen molar-refractivity contribution < 1.29 is 30.3 Å². The number of aryl methyl sites for hydroxylation is 1. The summed E-state index contributed by atoms with van der Waals surface area (Å²) in [5, 5.41) is 16.3. The quantitative estimate of drug-likeness (QED) is 0.224. The molecule has 1 amide bonds. The van der Waals surface area contributed by atoms with Crippen LogP contribution >= 0.6 is 0 Å². The third-order valence-corrected chi connectivity index (χ3v) is 7.27. The number of aromatic nitrogens is 3. The fourth-order valence-electron chi connectivity index (χ4n) is 4.77. The van der Waals surface area contributed by atoms with Crippen molar-refractivity contribution in [3.8, 4) is 5.75 Å². The molecular weight excluding hydrogens is 547 g/mol. The van der Waals surface area contributed by atoms with Crippen LogP contribution < -0.4 is 15.4 Å². The molecule has 0 saturated heterocycles. The summed E-state index contributed by atoms with van der Waals surface area (Å²) in [4.78, 5) is 15.7.